The molecule has 0 aliphatic carbocycles. The van der Waals surface area contributed by atoms with Crippen LogP contribution < -0.4 is 14.8 Å². The van der Waals surface area contributed by atoms with Gasteiger partial charge in [-0.2, -0.15) is 0 Å². The van der Waals surface area contributed by atoms with E-state index in [1.807, 2.05) is 6.92 Å². The first kappa shape index (κ1) is 24.8. The predicted molar refractivity (Wildman–Crippen MR) is 138 cm³/mol. The van der Waals surface area contributed by atoms with E-state index < -0.39 is 0 Å². The highest BCUT2D eigenvalue weighted by Crippen LogP contribution is 2.31. The Morgan fingerprint density at radius 2 is 1.78 bits per heavy atom. The molecular formula is C28H25ClN2O6. The summed E-state index contributed by atoms with van der Waals surface area (Å²) in [5, 5.41) is 3.18. The van der Waals surface area contributed by atoms with E-state index in [1.54, 1.807) is 60.7 Å². The van der Waals surface area contributed by atoms with Crippen LogP contribution in [0, 0.1) is 0 Å². The van der Waals surface area contributed by atoms with Crippen LogP contribution in [0.3, 0.4) is 0 Å². The molecule has 3 aromatic rings. The number of imide groups is 1. The zero-order chi connectivity index (χ0) is 25.9. The van der Waals surface area contributed by atoms with Crippen molar-refractivity contribution < 1.29 is 28.6 Å². The lowest BCUT2D eigenvalue weighted by atomic mass is 10.1. The Kier molecular flexibility index (Phi) is 7.12. The molecule has 1 saturated heterocycles. The molecule has 3 aromatic carbocycles. The molecule has 1 fully saturated rings. The van der Waals surface area contributed by atoms with Gasteiger partial charge in [-0.1, -0.05) is 11.6 Å². The summed E-state index contributed by atoms with van der Waals surface area (Å²) in [5.74, 6) is 0.502. The minimum absolute atomic E-state index is 0.108. The van der Waals surface area contributed by atoms with Gasteiger partial charge in [0.15, 0.2) is 0 Å². The zero-order valence-electron chi connectivity index (χ0n) is 20.2. The zero-order valence-corrected chi connectivity index (χ0v) is 20.9. The highest BCUT2D eigenvalue weighted by molar-refractivity contribution is 6.32. The van der Waals surface area contributed by atoms with Gasteiger partial charge in [-0.25, -0.2) is 0 Å². The van der Waals surface area contributed by atoms with E-state index in [2.05, 4.69) is 5.32 Å². The SMILES string of the molecule is CCOc1ccc(C(=O)Nc2ccc(Oc3ccc4c(c3)C(=O)N(CC3CCCO3)C4=O)cc2)cc1Cl. The number of halogens is 1. The number of amides is 3. The number of carbonyl (C=O) groups is 3. The van der Waals surface area contributed by atoms with Crippen molar-refractivity contribution in [1.29, 1.82) is 0 Å². The molecule has 0 bridgehead atoms. The highest BCUT2D eigenvalue weighted by Gasteiger charge is 2.37. The van der Waals surface area contributed by atoms with Gasteiger partial charge in [0.05, 0.1) is 35.4 Å². The molecule has 8 nitrogen and oxygen atoms in total. The van der Waals surface area contributed by atoms with E-state index in [0.717, 1.165) is 12.8 Å². The number of nitrogens with zero attached hydrogens (tertiary/aromatic N) is 1. The fraction of sp³-hybridized carbons (Fsp3) is 0.250. The number of ether oxygens (including phenoxy) is 3. The van der Waals surface area contributed by atoms with E-state index in [0.29, 0.717) is 57.9 Å². The topological polar surface area (TPSA) is 94.2 Å². The van der Waals surface area contributed by atoms with E-state index in [4.69, 9.17) is 25.8 Å². The Bertz CT molecular complexity index is 1350. The van der Waals surface area contributed by atoms with Crippen molar-refractivity contribution >= 4 is 35.0 Å². The monoisotopic (exact) mass is 520 g/mol. The van der Waals surface area contributed by atoms with Gasteiger partial charge < -0.3 is 19.5 Å². The Morgan fingerprint density at radius 1 is 1.03 bits per heavy atom. The lowest BCUT2D eigenvalue weighted by Gasteiger charge is -2.17. The molecule has 0 spiro atoms. The van der Waals surface area contributed by atoms with Crippen LogP contribution in [0.5, 0.6) is 17.2 Å². The van der Waals surface area contributed by atoms with Crippen LogP contribution in [0.2, 0.25) is 5.02 Å². The summed E-state index contributed by atoms with van der Waals surface area (Å²) in [7, 11) is 0. The first-order valence-corrected chi connectivity index (χ1v) is 12.4. The van der Waals surface area contributed by atoms with E-state index in [9.17, 15) is 14.4 Å². The number of rotatable bonds is 8. The minimum Gasteiger partial charge on any atom is -0.492 e. The van der Waals surface area contributed by atoms with Gasteiger partial charge in [0.2, 0.25) is 0 Å². The van der Waals surface area contributed by atoms with Crippen molar-refractivity contribution in [3.63, 3.8) is 0 Å². The van der Waals surface area contributed by atoms with E-state index in [1.165, 1.54) is 4.90 Å². The Balaban J connectivity index is 1.23. The standard InChI is InChI=1S/C28H25ClN2O6/c1-2-35-25-12-5-17(14-24(25)29)26(32)30-18-6-8-19(9-7-18)37-20-10-11-22-23(15-20)28(34)31(27(22)33)16-21-4-3-13-36-21/h5-12,14-15,21H,2-4,13,16H2,1H3,(H,30,32). The summed E-state index contributed by atoms with van der Waals surface area (Å²) < 4.78 is 16.9. The molecule has 2 aliphatic heterocycles. The molecular weight excluding hydrogens is 496 g/mol. The number of carbonyl (C=O) groups excluding carboxylic acids is 3. The Hall–Kier alpha value is -3.88. The highest BCUT2D eigenvalue weighted by atomic mass is 35.5. The molecule has 2 aliphatic rings. The maximum Gasteiger partial charge on any atom is 0.261 e. The first-order chi connectivity index (χ1) is 17.9. The smallest absolute Gasteiger partial charge is 0.261 e. The summed E-state index contributed by atoms with van der Waals surface area (Å²) >= 11 is 6.18. The van der Waals surface area contributed by atoms with Gasteiger partial charge in [0, 0.05) is 17.9 Å². The van der Waals surface area contributed by atoms with Gasteiger partial charge in [-0.05, 0) is 80.4 Å². The third kappa shape index (κ3) is 5.30. The molecule has 190 valence electrons. The van der Waals surface area contributed by atoms with Crippen molar-refractivity contribution in [1.82, 2.24) is 4.90 Å². The summed E-state index contributed by atoms with van der Waals surface area (Å²) in [6, 6.07) is 16.5. The number of fused-ring (bicyclic) bond motifs is 1. The van der Waals surface area contributed by atoms with Gasteiger partial charge in [-0.3, -0.25) is 19.3 Å². The molecule has 5 rings (SSSR count). The third-order valence-corrected chi connectivity index (χ3v) is 6.49. The fourth-order valence-electron chi connectivity index (χ4n) is 4.35. The van der Waals surface area contributed by atoms with Gasteiger partial charge in [0.25, 0.3) is 17.7 Å². The van der Waals surface area contributed by atoms with Gasteiger partial charge >= 0.3 is 0 Å². The van der Waals surface area contributed by atoms with Crippen molar-refractivity contribution in [3.05, 3.63) is 82.4 Å². The van der Waals surface area contributed by atoms with E-state index >= 15 is 0 Å². The van der Waals surface area contributed by atoms with Crippen LogP contribution in [0.4, 0.5) is 5.69 Å². The first-order valence-electron chi connectivity index (χ1n) is 12.1. The summed E-state index contributed by atoms with van der Waals surface area (Å²) in [6.45, 7) is 3.26. The average molecular weight is 521 g/mol. The van der Waals surface area contributed by atoms with E-state index in [-0.39, 0.29) is 30.4 Å². The average Bonchev–Trinajstić information content (AvgIpc) is 3.49. The summed E-state index contributed by atoms with van der Waals surface area (Å²) in [4.78, 5) is 39.4. The normalized spacial score (nSPS) is 16.6. The lowest BCUT2D eigenvalue weighted by Crippen LogP contribution is -2.36. The molecule has 9 heteroatoms. The van der Waals surface area contributed by atoms with Crippen LogP contribution in [0.15, 0.2) is 60.7 Å². The maximum absolute atomic E-state index is 12.9. The molecule has 37 heavy (non-hydrogen) atoms. The molecule has 0 radical (unpaired) electrons. The van der Waals surface area contributed by atoms with Gasteiger partial charge in [-0.15, -0.1) is 0 Å². The molecule has 1 N–H and O–H groups in total. The Labute approximate surface area is 219 Å². The molecule has 1 unspecified atom stereocenters. The number of anilines is 1. The minimum atomic E-state index is -0.339. The largest absolute Gasteiger partial charge is 0.492 e. The number of benzene rings is 3. The predicted octanol–water partition coefficient (Wildman–Crippen LogP) is 5.56. The maximum atomic E-state index is 12.9. The number of hydrogen-bond donors (Lipinski definition) is 1. The van der Waals surface area contributed by atoms with Crippen molar-refractivity contribution in [2.45, 2.75) is 25.9 Å². The third-order valence-electron chi connectivity index (χ3n) is 6.19. The van der Waals surface area contributed by atoms with Crippen LogP contribution in [-0.4, -0.2) is 48.5 Å². The Morgan fingerprint density at radius 3 is 2.49 bits per heavy atom. The quantitative estimate of drug-likeness (QED) is 0.391. The second-order valence-electron chi connectivity index (χ2n) is 8.72. The summed E-state index contributed by atoms with van der Waals surface area (Å²) in [5.41, 5.74) is 1.66. The van der Waals surface area contributed by atoms with Crippen molar-refractivity contribution in [3.8, 4) is 17.2 Å². The summed E-state index contributed by atoms with van der Waals surface area (Å²) in [6.07, 6.45) is 1.67. The molecule has 0 aromatic heterocycles. The number of hydrogen-bond acceptors (Lipinski definition) is 6. The molecule has 2 heterocycles. The van der Waals surface area contributed by atoms with Crippen LogP contribution in [0.25, 0.3) is 0 Å². The molecule has 0 saturated carbocycles. The van der Waals surface area contributed by atoms with Crippen LogP contribution in [0.1, 0.15) is 50.8 Å². The fourth-order valence-corrected chi connectivity index (χ4v) is 4.59. The van der Waals surface area contributed by atoms with Gasteiger partial charge in [0.1, 0.15) is 17.2 Å². The molecule has 1 atom stereocenters. The second kappa shape index (κ2) is 10.6. The van der Waals surface area contributed by atoms with Crippen molar-refractivity contribution in [2.75, 3.05) is 25.1 Å². The van der Waals surface area contributed by atoms with Crippen LogP contribution in [-0.2, 0) is 4.74 Å². The lowest BCUT2D eigenvalue weighted by molar-refractivity contribution is 0.0475. The van der Waals surface area contributed by atoms with Crippen molar-refractivity contribution in [2.24, 2.45) is 0 Å². The molecule has 3 amide bonds. The van der Waals surface area contributed by atoms with Crippen LogP contribution >= 0.6 is 11.6 Å². The number of nitrogens with one attached hydrogen (secondary N) is 1. The second-order valence-corrected chi connectivity index (χ2v) is 9.13.